The molecule has 0 saturated carbocycles. The molecular weight excluding hydrogens is 243 g/mol. The normalized spacial score (nSPS) is 14.3. The van der Waals surface area contributed by atoms with Gasteiger partial charge in [0.2, 0.25) is 0 Å². The Morgan fingerprint density at radius 2 is 1.83 bits per heavy atom. The third-order valence-electron chi connectivity index (χ3n) is 2.95. The van der Waals surface area contributed by atoms with E-state index in [2.05, 4.69) is 5.10 Å². The molecule has 18 heavy (non-hydrogen) atoms. The summed E-state index contributed by atoms with van der Waals surface area (Å²) >= 11 is 0. The number of aromatic nitrogens is 2. The van der Waals surface area contributed by atoms with Crippen molar-refractivity contribution in [2.24, 2.45) is 11.7 Å². The minimum atomic E-state index is -4.32. The maximum Gasteiger partial charge on any atom is 0.397 e. The second-order valence-corrected chi connectivity index (χ2v) is 4.99. The SMILES string of the molecule is Cc1nn(CC(C)C)c(C)c1C(CN)C(F)(F)F. The zero-order valence-corrected chi connectivity index (χ0v) is 11.2. The molecule has 1 aromatic rings. The quantitative estimate of drug-likeness (QED) is 0.907. The first-order chi connectivity index (χ1) is 8.18. The van der Waals surface area contributed by atoms with Crippen LogP contribution in [-0.2, 0) is 6.54 Å². The van der Waals surface area contributed by atoms with Gasteiger partial charge in [0.25, 0.3) is 0 Å². The van der Waals surface area contributed by atoms with Crippen LogP contribution in [0, 0.1) is 19.8 Å². The maximum absolute atomic E-state index is 12.9. The third-order valence-corrected chi connectivity index (χ3v) is 2.95. The number of hydrogen-bond donors (Lipinski definition) is 1. The third kappa shape index (κ3) is 3.04. The van der Waals surface area contributed by atoms with Crippen LogP contribution in [0.25, 0.3) is 0 Å². The maximum atomic E-state index is 12.9. The molecule has 0 spiro atoms. The highest BCUT2D eigenvalue weighted by molar-refractivity contribution is 5.30. The van der Waals surface area contributed by atoms with Gasteiger partial charge in [-0.3, -0.25) is 4.68 Å². The standard InChI is InChI=1S/C12H20F3N3/c1-7(2)6-18-9(4)11(8(3)17-18)10(5-16)12(13,14)15/h7,10H,5-6,16H2,1-4H3. The van der Waals surface area contributed by atoms with Crippen LogP contribution in [-0.4, -0.2) is 22.5 Å². The first kappa shape index (κ1) is 15.0. The summed E-state index contributed by atoms with van der Waals surface area (Å²) in [5.74, 6) is -1.29. The zero-order valence-electron chi connectivity index (χ0n) is 11.2. The van der Waals surface area contributed by atoms with E-state index in [0.29, 0.717) is 23.9 Å². The van der Waals surface area contributed by atoms with Crippen molar-refractivity contribution in [3.05, 3.63) is 17.0 Å². The van der Waals surface area contributed by atoms with Gasteiger partial charge in [0.05, 0.1) is 11.6 Å². The van der Waals surface area contributed by atoms with Gasteiger partial charge in [-0.05, 0) is 19.8 Å². The summed E-state index contributed by atoms with van der Waals surface area (Å²) in [5, 5.41) is 4.19. The molecule has 0 aliphatic heterocycles. The largest absolute Gasteiger partial charge is 0.397 e. The molecule has 0 radical (unpaired) electrons. The number of alkyl halides is 3. The summed E-state index contributed by atoms with van der Waals surface area (Å²) in [6.45, 7) is 7.45. The lowest BCUT2D eigenvalue weighted by Gasteiger charge is -2.19. The van der Waals surface area contributed by atoms with Crippen molar-refractivity contribution in [1.29, 1.82) is 0 Å². The van der Waals surface area contributed by atoms with Crippen LogP contribution >= 0.6 is 0 Å². The number of nitrogens with zero attached hydrogens (tertiary/aromatic N) is 2. The first-order valence-electron chi connectivity index (χ1n) is 5.99. The van der Waals surface area contributed by atoms with Gasteiger partial charge >= 0.3 is 6.18 Å². The van der Waals surface area contributed by atoms with Crippen LogP contribution < -0.4 is 5.73 Å². The lowest BCUT2D eigenvalue weighted by Crippen LogP contribution is -2.29. The lowest BCUT2D eigenvalue weighted by atomic mass is 9.96. The molecule has 0 saturated heterocycles. The molecule has 1 rings (SSSR count). The van der Waals surface area contributed by atoms with E-state index < -0.39 is 18.6 Å². The Kier molecular flexibility index (Phi) is 4.42. The van der Waals surface area contributed by atoms with Crippen molar-refractivity contribution in [1.82, 2.24) is 9.78 Å². The number of hydrogen-bond acceptors (Lipinski definition) is 2. The van der Waals surface area contributed by atoms with Gasteiger partial charge in [-0.15, -0.1) is 0 Å². The fourth-order valence-electron chi connectivity index (χ4n) is 2.15. The molecule has 104 valence electrons. The van der Waals surface area contributed by atoms with Crippen molar-refractivity contribution in [2.45, 2.75) is 46.3 Å². The van der Waals surface area contributed by atoms with Gasteiger partial charge in [0.15, 0.2) is 0 Å². The molecule has 0 aliphatic carbocycles. The molecule has 1 aromatic heterocycles. The van der Waals surface area contributed by atoms with Gasteiger partial charge < -0.3 is 5.73 Å². The Morgan fingerprint density at radius 1 is 1.28 bits per heavy atom. The highest BCUT2D eigenvalue weighted by Crippen LogP contribution is 2.37. The summed E-state index contributed by atoms with van der Waals surface area (Å²) in [6, 6.07) is 0. The van der Waals surface area contributed by atoms with Crippen molar-refractivity contribution < 1.29 is 13.2 Å². The lowest BCUT2D eigenvalue weighted by molar-refractivity contribution is -0.148. The predicted octanol–water partition coefficient (Wildman–Crippen LogP) is 2.76. The number of aryl methyl sites for hydroxylation is 1. The van der Waals surface area contributed by atoms with Crippen LogP contribution in [0.3, 0.4) is 0 Å². The van der Waals surface area contributed by atoms with E-state index in [1.54, 1.807) is 18.5 Å². The van der Waals surface area contributed by atoms with E-state index in [0.717, 1.165) is 0 Å². The summed E-state index contributed by atoms with van der Waals surface area (Å²) in [7, 11) is 0. The molecule has 0 amide bonds. The minimum Gasteiger partial charge on any atom is -0.330 e. The van der Waals surface area contributed by atoms with E-state index in [1.165, 1.54) is 0 Å². The van der Waals surface area contributed by atoms with Crippen molar-refractivity contribution >= 4 is 0 Å². The smallest absolute Gasteiger partial charge is 0.330 e. The van der Waals surface area contributed by atoms with E-state index in [4.69, 9.17) is 5.73 Å². The van der Waals surface area contributed by atoms with E-state index in [-0.39, 0.29) is 5.56 Å². The van der Waals surface area contributed by atoms with Gasteiger partial charge in [0, 0.05) is 24.3 Å². The van der Waals surface area contributed by atoms with Crippen LogP contribution in [0.5, 0.6) is 0 Å². The zero-order chi connectivity index (χ0) is 14.1. The van der Waals surface area contributed by atoms with Gasteiger partial charge in [-0.25, -0.2) is 0 Å². The average molecular weight is 263 g/mol. The van der Waals surface area contributed by atoms with Crippen LogP contribution in [0.2, 0.25) is 0 Å². The Balaban J connectivity index is 3.20. The number of nitrogens with two attached hydrogens (primary N) is 1. The average Bonchev–Trinajstić information content (AvgIpc) is 2.44. The first-order valence-corrected chi connectivity index (χ1v) is 5.99. The van der Waals surface area contributed by atoms with Gasteiger partial charge in [-0.2, -0.15) is 18.3 Å². The van der Waals surface area contributed by atoms with Crippen LogP contribution in [0.4, 0.5) is 13.2 Å². The van der Waals surface area contributed by atoms with Crippen LogP contribution in [0.15, 0.2) is 0 Å². The molecule has 2 N–H and O–H groups in total. The Hall–Kier alpha value is -1.04. The molecule has 1 atom stereocenters. The van der Waals surface area contributed by atoms with Gasteiger partial charge in [-0.1, -0.05) is 13.8 Å². The second kappa shape index (κ2) is 5.30. The molecular formula is C12H20F3N3. The fraction of sp³-hybridized carbons (Fsp3) is 0.750. The summed E-state index contributed by atoms with van der Waals surface area (Å²) < 4.78 is 40.4. The van der Waals surface area contributed by atoms with Crippen molar-refractivity contribution in [3.63, 3.8) is 0 Å². The van der Waals surface area contributed by atoms with E-state index in [9.17, 15) is 13.2 Å². The Labute approximate surface area is 105 Å². The molecule has 0 aliphatic rings. The molecule has 1 heterocycles. The second-order valence-electron chi connectivity index (χ2n) is 4.99. The topological polar surface area (TPSA) is 43.8 Å². The van der Waals surface area contributed by atoms with Crippen molar-refractivity contribution in [2.75, 3.05) is 6.54 Å². The van der Waals surface area contributed by atoms with Crippen LogP contribution in [0.1, 0.15) is 36.7 Å². The monoisotopic (exact) mass is 263 g/mol. The highest BCUT2D eigenvalue weighted by atomic mass is 19.4. The number of rotatable bonds is 4. The molecule has 0 fully saturated rings. The van der Waals surface area contributed by atoms with E-state index >= 15 is 0 Å². The minimum absolute atomic E-state index is 0.227. The van der Waals surface area contributed by atoms with E-state index in [1.807, 2.05) is 13.8 Å². The summed E-state index contributed by atoms with van der Waals surface area (Å²) in [4.78, 5) is 0. The molecule has 0 aromatic carbocycles. The molecule has 6 heteroatoms. The summed E-state index contributed by atoms with van der Waals surface area (Å²) in [5.41, 5.74) is 6.49. The molecule has 0 bridgehead atoms. The van der Waals surface area contributed by atoms with Crippen molar-refractivity contribution in [3.8, 4) is 0 Å². The Bertz CT molecular complexity index is 407. The predicted molar refractivity (Wildman–Crippen MR) is 64.4 cm³/mol. The summed E-state index contributed by atoms with van der Waals surface area (Å²) in [6.07, 6.45) is -4.32. The fourth-order valence-corrected chi connectivity index (χ4v) is 2.15. The van der Waals surface area contributed by atoms with Gasteiger partial charge in [0.1, 0.15) is 0 Å². The highest BCUT2D eigenvalue weighted by Gasteiger charge is 2.42. The Morgan fingerprint density at radius 3 is 2.22 bits per heavy atom. The number of halogens is 3. The molecule has 1 unspecified atom stereocenters. The molecule has 3 nitrogen and oxygen atoms in total.